The fourth-order valence-electron chi connectivity index (χ4n) is 0.741. The molecule has 6 heteroatoms. The first-order valence-corrected chi connectivity index (χ1v) is 8.49. The van der Waals surface area contributed by atoms with Crippen molar-refractivity contribution in [3.63, 3.8) is 0 Å². The molecule has 0 amide bonds. The van der Waals surface area contributed by atoms with Crippen LogP contribution in [0.15, 0.2) is 0 Å². The molecule has 0 unspecified atom stereocenters. The van der Waals surface area contributed by atoms with Gasteiger partial charge in [-0.05, 0) is 0 Å². The van der Waals surface area contributed by atoms with Gasteiger partial charge in [0.15, 0.2) is 0 Å². The average Bonchev–Trinajstić information content (AvgIpc) is 1.97. The van der Waals surface area contributed by atoms with Crippen molar-refractivity contribution in [1.29, 1.82) is 0 Å². The summed E-state index contributed by atoms with van der Waals surface area (Å²) in [5.74, 6) is -1.00. The fourth-order valence-corrected chi connectivity index (χ4v) is 1.84. The molecule has 14 heavy (non-hydrogen) atoms. The number of hydrogen-bond acceptors (Lipinski definition) is 3. The molecular formula is C8H21GeN2NaO2. The number of likely N-dealkylation sites (N-methyl/N-ethyl adjacent to an activating group) is 1. The van der Waals surface area contributed by atoms with Crippen molar-refractivity contribution in [2.24, 2.45) is 0 Å². The maximum atomic E-state index is 9.89. The van der Waals surface area contributed by atoms with Gasteiger partial charge in [0.2, 0.25) is 0 Å². The van der Waals surface area contributed by atoms with E-state index in [4.69, 9.17) is 0 Å². The van der Waals surface area contributed by atoms with Gasteiger partial charge in [-0.2, -0.15) is 0 Å². The number of nitrogens with zero attached hydrogens (tertiary/aromatic N) is 1. The molecule has 4 nitrogen and oxygen atoms in total. The number of carbonyl (C=O) groups excluding carboxylic acids is 1. The Labute approximate surface area is 113 Å². The Morgan fingerprint density at radius 2 is 2.00 bits per heavy atom. The van der Waals surface area contributed by atoms with Crippen LogP contribution in [0.25, 0.3) is 0 Å². The van der Waals surface area contributed by atoms with E-state index in [1.54, 1.807) is 21.1 Å². The SMILES string of the molecule is C[N+](C)(C)CC(=O)[O-].[Na][CH2]CC[NH][GeH3]. The summed E-state index contributed by atoms with van der Waals surface area (Å²) in [6, 6.07) is 0. The van der Waals surface area contributed by atoms with Gasteiger partial charge in [-0.1, -0.05) is 0 Å². The fraction of sp³-hybridized carbons (Fsp3) is 0.875. The first-order valence-electron chi connectivity index (χ1n) is 4.98. The summed E-state index contributed by atoms with van der Waals surface area (Å²) in [4.78, 5) is 9.89. The Hall–Kier alpha value is 0.933. The predicted molar refractivity (Wildman–Crippen MR) is 61.0 cm³/mol. The van der Waals surface area contributed by atoms with E-state index in [1.165, 1.54) is 44.6 Å². The van der Waals surface area contributed by atoms with Crippen molar-refractivity contribution in [2.75, 3.05) is 34.2 Å². The van der Waals surface area contributed by atoms with E-state index in [2.05, 4.69) is 4.27 Å². The van der Waals surface area contributed by atoms with Crippen molar-refractivity contribution >= 4 is 50.6 Å². The monoisotopic (exact) mass is 274 g/mol. The summed E-state index contributed by atoms with van der Waals surface area (Å²) in [5, 5.41) is 9.89. The standard InChI is InChI=1S/C5H11NO2.C3H10GeN.Na/c1-6(2,3)4-5(7)8;1-2-3-5-4;/h4H2,1-3H3;5H,1-3H2,4H3;. The number of carboxylic acids is 1. The van der Waals surface area contributed by atoms with Crippen LogP contribution in [0.4, 0.5) is 0 Å². The Kier molecular flexibility index (Phi) is 12.9. The molecule has 0 saturated carbocycles. The van der Waals surface area contributed by atoms with Crippen LogP contribution in [0.1, 0.15) is 6.42 Å². The molecule has 0 radical (unpaired) electrons. The molecule has 0 saturated heterocycles. The van der Waals surface area contributed by atoms with Crippen LogP contribution in [0, 0.1) is 0 Å². The van der Waals surface area contributed by atoms with Crippen LogP contribution in [0.3, 0.4) is 0 Å². The minimum atomic E-state index is -1.00. The number of rotatable bonds is 5. The van der Waals surface area contributed by atoms with E-state index >= 15 is 0 Å². The van der Waals surface area contributed by atoms with Gasteiger partial charge in [-0.3, -0.25) is 0 Å². The van der Waals surface area contributed by atoms with Crippen molar-refractivity contribution in [2.45, 2.75) is 10.1 Å². The molecule has 0 aromatic heterocycles. The minimum absolute atomic E-state index is 0.0694. The first kappa shape index (κ1) is 17.3. The van der Waals surface area contributed by atoms with Gasteiger partial charge in [0, 0.05) is 0 Å². The van der Waals surface area contributed by atoms with E-state index in [9.17, 15) is 9.90 Å². The summed E-state index contributed by atoms with van der Waals surface area (Å²) in [5.41, 5.74) is 0. The zero-order chi connectivity index (χ0) is 11.6. The van der Waals surface area contributed by atoms with Gasteiger partial charge >= 0.3 is 65.6 Å². The molecule has 0 aromatic carbocycles. The maximum absolute atomic E-state index is 9.89. The molecule has 0 rings (SSSR count). The Morgan fingerprint density at radius 1 is 1.50 bits per heavy atom. The van der Waals surface area contributed by atoms with Crippen LogP contribution < -0.4 is 9.38 Å². The van der Waals surface area contributed by atoms with Crippen LogP contribution in [0.2, 0.25) is 3.67 Å². The number of carboxylic acid groups (broad SMARTS) is 1. The molecular weight excluding hydrogens is 252 g/mol. The van der Waals surface area contributed by atoms with Crippen LogP contribution in [-0.2, 0) is 4.79 Å². The van der Waals surface area contributed by atoms with E-state index in [0.717, 1.165) is 16.7 Å². The van der Waals surface area contributed by atoms with E-state index in [1.807, 2.05) is 0 Å². The summed E-state index contributed by atoms with van der Waals surface area (Å²) < 4.78 is 5.16. The average molecular weight is 273 g/mol. The zero-order valence-electron chi connectivity index (χ0n) is 10.1. The summed E-state index contributed by atoms with van der Waals surface area (Å²) >= 11 is 2.26. The topological polar surface area (TPSA) is 52.2 Å². The molecule has 0 aliphatic heterocycles. The van der Waals surface area contributed by atoms with Crippen molar-refractivity contribution in [1.82, 2.24) is 4.27 Å². The molecule has 0 aromatic rings. The number of aliphatic carboxylic acids is 1. The van der Waals surface area contributed by atoms with Gasteiger partial charge in [0.05, 0.1) is 27.1 Å². The second-order valence-electron chi connectivity index (χ2n) is 4.28. The number of nitrogens with one attached hydrogen (secondary N) is 1. The number of quaternary nitrogens is 1. The molecule has 0 heterocycles. The second kappa shape index (κ2) is 10.5. The predicted octanol–water partition coefficient (Wildman–Crippen LogP) is -2.72. The molecule has 0 fully saturated rings. The summed E-state index contributed by atoms with van der Waals surface area (Å²) in [6.45, 7) is 1.35. The molecule has 0 aliphatic carbocycles. The van der Waals surface area contributed by atoms with E-state index < -0.39 is 5.97 Å². The summed E-state index contributed by atoms with van der Waals surface area (Å²) in [7, 11) is 5.40. The third-order valence-electron chi connectivity index (χ3n) is 1.38. The molecule has 0 atom stereocenters. The normalized spacial score (nSPS) is 10.6. The quantitative estimate of drug-likeness (QED) is 0.336. The molecule has 0 aliphatic rings. The molecule has 0 spiro atoms. The molecule has 80 valence electrons. The van der Waals surface area contributed by atoms with Gasteiger partial charge in [0.1, 0.15) is 6.54 Å². The van der Waals surface area contributed by atoms with Crippen molar-refractivity contribution < 1.29 is 14.4 Å². The third-order valence-corrected chi connectivity index (χ3v) is 3.14. The Balaban J connectivity index is 0. The van der Waals surface area contributed by atoms with Crippen molar-refractivity contribution in [3.8, 4) is 0 Å². The van der Waals surface area contributed by atoms with Crippen LogP contribution in [-0.4, -0.2) is 89.4 Å². The zero-order valence-corrected chi connectivity index (χ0v) is 16.3. The third kappa shape index (κ3) is 23.1. The molecule has 0 bridgehead atoms. The van der Waals surface area contributed by atoms with Gasteiger partial charge in [-0.15, -0.1) is 0 Å². The van der Waals surface area contributed by atoms with Crippen molar-refractivity contribution in [3.05, 3.63) is 0 Å². The summed E-state index contributed by atoms with van der Waals surface area (Å²) in [6.07, 6.45) is 1.41. The van der Waals surface area contributed by atoms with Gasteiger partial charge in [0.25, 0.3) is 0 Å². The molecule has 1 N–H and O–H groups in total. The first-order chi connectivity index (χ1) is 6.33. The van der Waals surface area contributed by atoms with E-state index in [-0.39, 0.29) is 6.54 Å². The van der Waals surface area contributed by atoms with E-state index in [0.29, 0.717) is 4.48 Å². The Bertz CT molecular complexity index is 147. The second-order valence-corrected chi connectivity index (χ2v) is 6.76. The number of carbonyl (C=O) groups is 1. The Morgan fingerprint density at radius 3 is 2.07 bits per heavy atom. The van der Waals surface area contributed by atoms with Gasteiger partial charge < -0.3 is 14.4 Å². The van der Waals surface area contributed by atoms with Crippen LogP contribution in [0.5, 0.6) is 0 Å². The number of hydrogen-bond donors (Lipinski definition) is 1. The van der Waals surface area contributed by atoms with Gasteiger partial charge in [-0.25, -0.2) is 0 Å². The van der Waals surface area contributed by atoms with Crippen LogP contribution >= 0.6 is 0 Å².